The Hall–Kier alpha value is -0.830. The van der Waals surface area contributed by atoms with Crippen molar-refractivity contribution in [2.24, 2.45) is 0 Å². The molecule has 0 spiro atoms. The van der Waals surface area contributed by atoms with E-state index >= 15 is 0 Å². The molecule has 0 heterocycles. The quantitative estimate of drug-likeness (QED) is 0.627. The van der Waals surface area contributed by atoms with E-state index in [2.05, 4.69) is 44.4 Å². The van der Waals surface area contributed by atoms with Gasteiger partial charge in [-0.3, -0.25) is 0 Å². The van der Waals surface area contributed by atoms with Crippen molar-refractivity contribution in [2.45, 2.75) is 20.8 Å². The second-order valence-corrected chi connectivity index (χ2v) is 4.12. The average Bonchev–Trinajstić information content (AvgIpc) is 2.23. The third-order valence-electron chi connectivity index (χ3n) is 2.83. The highest BCUT2D eigenvalue weighted by molar-refractivity contribution is 7.80. The first-order valence-electron chi connectivity index (χ1n) is 4.99. The summed E-state index contributed by atoms with van der Waals surface area (Å²) in [5.41, 5.74) is 4.86. The van der Waals surface area contributed by atoms with Crippen LogP contribution in [0.1, 0.15) is 16.7 Å². The van der Waals surface area contributed by atoms with Gasteiger partial charge in [0.1, 0.15) is 5.75 Å². The van der Waals surface area contributed by atoms with E-state index in [1.54, 1.807) is 7.11 Å². The summed E-state index contributed by atoms with van der Waals surface area (Å²) in [6, 6.07) is 2.15. The Morgan fingerprint density at radius 2 is 1.87 bits per heavy atom. The van der Waals surface area contributed by atoms with E-state index in [9.17, 15) is 0 Å². The van der Waals surface area contributed by atoms with Gasteiger partial charge in [0.15, 0.2) is 0 Å². The van der Waals surface area contributed by atoms with E-state index in [4.69, 9.17) is 4.74 Å². The fraction of sp³-hybridized carbons (Fsp3) is 0.500. The molecule has 0 saturated heterocycles. The molecule has 0 aromatic heterocycles. The van der Waals surface area contributed by atoms with Gasteiger partial charge in [0.2, 0.25) is 0 Å². The number of ether oxygens (including phenoxy) is 1. The fourth-order valence-corrected chi connectivity index (χ4v) is 1.98. The Labute approximate surface area is 97.6 Å². The molecule has 0 aliphatic heterocycles. The van der Waals surface area contributed by atoms with E-state index in [0.29, 0.717) is 5.88 Å². The van der Waals surface area contributed by atoms with Crippen LogP contribution in [-0.2, 0) is 0 Å². The highest BCUT2D eigenvalue weighted by atomic mass is 32.1. The number of hydrogen-bond donors (Lipinski definition) is 1. The normalized spacial score (nSPS) is 10.3. The maximum Gasteiger partial charge on any atom is 0.125 e. The van der Waals surface area contributed by atoms with Crippen molar-refractivity contribution in [3.05, 3.63) is 22.8 Å². The average molecular weight is 225 g/mol. The number of nitrogens with zero attached hydrogens (tertiary/aromatic N) is 1. The molecule has 1 aromatic carbocycles. The Morgan fingerprint density at radius 1 is 1.27 bits per heavy atom. The lowest BCUT2D eigenvalue weighted by atomic mass is 10.0. The largest absolute Gasteiger partial charge is 0.496 e. The monoisotopic (exact) mass is 225 g/mol. The maximum atomic E-state index is 5.39. The standard InChI is InChI=1S/C12H19NOS/c1-8-6-11(13(4)7-15)9(2)10(3)12(8)14-5/h6,15H,7H2,1-5H3. The van der Waals surface area contributed by atoms with Crippen LogP contribution in [0, 0.1) is 20.8 Å². The maximum absolute atomic E-state index is 5.39. The lowest BCUT2D eigenvalue weighted by molar-refractivity contribution is 0.408. The number of aryl methyl sites for hydroxylation is 1. The van der Waals surface area contributed by atoms with E-state index in [-0.39, 0.29) is 0 Å². The molecule has 0 bridgehead atoms. The summed E-state index contributed by atoms with van der Waals surface area (Å²) in [6.45, 7) is 6.28. The molecule has 0 atom stereocenters. The summed E-state index contributed by atoms with van der Waals surface area (Å²) in [5.74, 6) is 1.70. The van der Waals surface area contributed by atoms with E-state index in [0.717, 1.165) is 5.75 Å². The van der Waals surface area contributed by atoms with E-state index < -0.39 is 0 Å². The predicted molar refractivity (Wildman–Crippen MR) is 69.5 cm³/mol. The molecule has 2 nitrogen and oxygen atoms in total. The number of rotatable bonds is 3. The number of hydrogen-bond acceptors (Lipinski definition) is 3. The molecule has 1 aromatic rings. The van der Waals surface area contributed by atoms with Crippen molar-refractivity contribution in [3.63, 3.8) is 0 Å². The van der Waals surface area contributed by atoms with E-state index in [1.165, 1.54) is 22.4 Å². The number of thiol groups is 1. The van der Waals surface area contributed by atoms with Crippen molar-refractivity contribution < 1.29 is 4.74 Å². The summed E-state index contributed by atoms with van der Waals surface area (Å²) in [5, 5.41) is 0. The van der Waals surface area contributed by atoms with Crippen LogP contribution in [0.15, 0.2) is 6.07 Å². The zero-order valence-electron chi connectivity index (χ0n) is 10.1. The van der Waals surface area contributed by atoms with Gasteiger partial charge in [-0.15, -0.1) is 0 Å². The number of benzene rings is 1. The molecular weight excluding hydrogens is 206 g/mol. The first-order chi connectivity index (χ1) is 7.02. The predicted octanol–water partition coefficient (Wildman–Crippen LogP) is 2.94. The Bertz CT molecular complexity index is 363. The highest BCUT2D eigenvalue weighted by Crippen LogP contribution is 2.32. The summed E-state index contributed by atoms with van der Waals surface area (Å²) in [7, 11) is 3.76. The van der Waals surface area contributed by atoms with Crippen molar-refractivity contribution in [3.8, 4) is 5.75 Å². The molecule has 0 aliphatic rings. The van der Waals surface area contributed by atoms with Crippen LogP contribution in [-0.4, -0.2) is 20.0 Å². The zero-order valence-corrected chi connectivity index (χ0v) is 11.0. The minimum atomic E-state index is 0.714. The molecule has 0 fully saturated rings. The van der Waals surface area contributed by atoms with Crippen molar-refractivity contribution in [1.82, 2.24) is 0 Å². The second kappa shape index (κ2) is 4.79. The molecule has 0 N–H and O–H groups in total. The molecule has 0 unspecified atom stereocenters. The third kappa shape index (κ3) is 2.23. The van der Waals surface area contributed by atoms with Crippen LogP contribution in [0.2, 0.25) is 0 Å². The summed E-state index contributed by atoms with van der Waals surface area (Å²) < 4.78 is 5.39. The van der Waals surface area contributed by atoms with Crippen LogP contribution in [0.25, 0.3) is 0 Å². The lowest BCUT2D eigenvalue weighted by Crippen LogP contribution is -2.16. The fourth-order valence-electron chi connectivity index (χ4n) is 1.82. The second-order valence-electron chi connectivity index (χ2n) is 3.84. The molecule has 3 heteroatoms. The smallest absolute Gasteiger partial charge is 0.125 e. The molecule has 84 valence electrons. The van der Waals surface area contributed by atoms with Gasteiger partial charge in [0.05, 0.1) is 13.0 Å². The van der Waals surface area contributed by atoms with Gasteiger partial charge >= 0.3 is 0 Å². The molecule has 0 aliphatic carbocycles. The first-order valence-corrected chi connectivity index (χ1v) is 5.63. The van der Waals surface area contributed by atoms with Crippen LogP contribution >= 0.6 is 12.6 Å². The lowest BCUT2D eigenvalue weighted by Gasteiger charge is -2.22. The van der Waals surface area contributed by atoms with Gasteiger partial charge in [0.25, 0.3) is 0 Å². The van der Waals surface area contributed by atoms with Crippen molar-refractivity contribution in [1.29, 1.82) is 0 Å². The zero-order chi connectivity index (χ0) is 11.6. The molecule has 0 amide bonds. The SMILES string of the molecule is COc1c(C)cc(N(C)CS)c(C)c1C. The number of methoxy groups -OCH3 is 1. The molecule has 0 saturated carbocycles. The molecule has 1 rings (SSSR count). The Balaban J connectivity index is 3.33. The van der Waals surface area contributed by atoms with Crippen LogP contribution in [0.3, 0.4) is 0 Å². The van der Waals surface area contributed by atoms with Crippen molar-refractivity contribution >= 4 is 18.3 Å². The molecule has 15 heavy (non-hydrogen) atoms. The van der Waals surface area contributed by atoms with Gasteiger partial charge in [0, 0.05) is 12.7 Å². The van der Waals surface area contributed by atoms with E-state index in [1.807, 2.05) is 7.05 Å². The first kappa shape index (κ1) is 12.2. The third-order valence-corrected chi connectivity index (χ3v) is 3.25. The minimum absolute atomic E-state index is 0.714. The van der Waals surface area contributed by atoms with Gasteiger partial charge in [-0.2, -0.15) is 12.6 Å². The molecule has 0 radical (unpaired) electrons. The number of anilines is 1. The van der Waals surface area contributed by atoms with Crippen LogP contribution in [0.5, 0.6) is 5.75 Å². The van der Waals surface area contributed by atoms with Crippen LogP contribution < -0.4 is 9.64 Å². The van der Waals surface area contributed by atoms with Crippen LogP contribution in [0.4, 0.5) is 5.69 Å². The Kier molecular flexibility index (Phi) is 3.91. The summed E-state index contributed by atoms with van der Waals surface area (Å²) >= 11 is 4.29. The molecular formula is C12H19NOS. The summed E-state index contributed by atoms with van der Waals surface area (Å²) in [4.78, 5) is 2.12. The van der Waals surface area contributed by atoms with Gasteiger partial charge in [-0.1, -0.05) is 0 Å². The minimum Gasteiger partial charge on any atom is -0.496 e. The van der Waals surface area contributed by atoms with Gasteiger partial charge in [-0.05, 0) is 43.5 Å². The van der Waals surface area contributed by atoms with Gasteiger partial charge in [-0.25, -0.2) is 0 Å². The van der Waals surface area contributed by atoms with Gasteiger partial charge < -0.3 is 9.64 Å². The highest BCUT2D eigenvalue weighted by Gasteiger charge is 2.12. The topological polar surface area (TPSA) is 12.5 Å². The Morgan fingerprint density at radius 3 is 2.33 bits per heavy atom. The summed E-state index contributed by atoms with van der Waals surface area (Å²) in [6.07, 6.45) is 0. The van der Waals surface area contributed by atoms with Crippen molar-refractivity contribution in [2.75, 3.05) is 24.9 Å².